The first-order chi connectivity index (χ1) is 7.49. The number of hydrogen-bond acceptors (Lipinski definition) is 2. The van der Waals surface area contributed by atoms with Crippen molar-refractivity contribution < 1.29 is 0 Å². The number of rotatable bonds is 4. The molecule has 0 saturated heterocycles. The Morgan fingerprint density at radius 1 is 1.75 bits per heavy atom. The minimum absolute atomic E-state index is 0.0151. The van der Waals surface area contributed by atoms with E-state index in [1.54, 1.807) is 0 Å². The molecule has 1 aliphatic carbocycles. The van der Waals surface area contributed by atoms with Gasteiger partial charge in [0.05, 0.1) is 0 Å². The third-order valence-corrected chi connectivity index (χ3v) is 2.95. The number of nitrogens with two attached hydrogens (primary N) is 1. The van der Waals surface area contributed by atoms with E-state index < -0.39 is 0 Å². The molecular formula is C12H22N4. The molecule has 0 heterocycles. The van der Waals surface area contributed by atoms with Gasteiger partial charge >= 0.3 is 0 Å². The number of guanidine groups is 1. The van der Waals surface area contributed by atoms with Crippen molar-refractivity contribution in [2.45, 2.75) is 26.2 Å². The fourth-order valence-corrected chi connectivity index (χ4v) is 2.03. The van der Waals surface area contributed by atoms with Crippen molar-refractivity contribution in [2.24, 2.45) is 11.7 Å². The van der Waals surface area contributed by atoms with Gasteiger partial charge in [0.2, 0.25) is 5.96 Å². The van der Waals surface area contributed by atoms with Crippen LogP contribution in [0.3, 0.4) is 0 Å². The van der Waals surface area contributed by atoms with Crippen molar-refractivity contribution in [3.8, 4) is 0 Å². The summed E-state index contributed by atoms with van der Waals surface area (Å²) in [5.41, 5.74) is 10.7. The van der Waals surface area contributed by atoms with Crippen LogP contribution in [0.25, 0.3) is 0 Å². The van der Waals surface area contributed by atoms with Gasteiger partial charge in [-0.2, -0.15) is 0 Å². The molecule has 1 rings (SSSR count). The maximum Gasteiger partial charge on any atom is 0.200 e. The van der Waals surface area contributed by atoms with Gasteiger partial charge in [0.15, 0.2) is 0 Å². The Labute approximate surface area is 97.7 Å². The normalized spacial score (nSPS) is 20.4. The molecule has 16 heavy (non-hydrogen) atoms. The van der Waals surface area contributed by atoms with Gasteiger partial charge in [-0.25, -0.2) is 5.01 Å². The Morgan fingerprint density at radius 2 is 2.44 bits per heavy atom. The quantitative estimate of drug-likeness (QED) is 0.293. The second-order valence-corrected chi connectivity index (χ2v) is 4.56. The lowest BCUT2D eigenvalue weighted by Crippen LogP contribution is -2.44. The SMILES string of the molecule is C=C(C)C1CC=C(CN(C)NC(=N)N)CC1. The monoisotopic (exact) mass is 222 g/mol. The molecule has 0 aromatic carbocycles. The van der Waals surface area contributed by atoms with Crippen molar-refractivity contribution in [1.82, 2.24) is 10.4 Å². The fraction of sp³-hybridized carbons (Fsp3) is 0.583. The van der Waals surface area contributed by atoms with Crippen LogP contribution < -0.4 is 11.2 Å². The second kappa shape index (κ2) is 5.70. The number of hydrogen-bond donors (Lipinski definition) is 3. The maximum absolute atomic E-state index is 7.12. The van der Waals surface area contributed by atoms with Gasteiger partial charge in [0.25, 0.3) is 0 Å². The first kappa shape index (κ1) is 12.8. The molecule has 1 aliphatic rings. The molecule has 4 heteroatoms. The third-order valence-electron chi connectivity index (χ3n) is 2.95. The van der Waals surface area contributed by atoms with Gasteiger partial charge in [-0.3, -0.25) is 10.8 Å². The molecule has 1 atom stereocenters. The zero-order valence-electron chi connectivity index (χ0n) is 10.2. The Morgan fingerprint density at radius 3 is 2.88 bits per heavy atom. The molecule has 0 fully saturated rings. The van der Waals surface area contributed by atoms with E-state index in [9.17, 15) is 0 Å². The lowest BCUT2D eigenvalue weighted by Gasteiger charge is -2.25. The predicted octanol–water partition coefficient (Wildman–Crippen LogP) is 1.62. The van der Waals surface area contributed by atoms with Crippen molar-refractivity contribution in [3.05, 3.63) is 23.8 Å². The third kappa shape index (κ3) is 4.06. The molecule has 0 amide bonds. The van der Waals surface area contributed by atoms with Crippen LogP contribution in [0.5, 0.6) is 0 Å². The van der Waals surface area contributed by atoms with Gasteiger partial charge in [0.1, 0.15) is 0 Å². The van der Waals surface area contributed by atoms with Crippen LogP contribution in [0.4, 0.5) is 0 Å². The standard InChI is InChI=1S/C12H22N4/c1-9(2)11-6-4-10(5-7-11)8-16(3)15-12(13)14/h4,11H,1,5-8H2,2-3H3,(H4,13,14,15). The number of hydrazine groups is 1. The summed E-state index contributed by atoms with van der Waals surface area (Å²) in [6.45, 7) is 6.93. The van der Waals surface area contributed by atoms with E-state index in [0.29, 0.717) is 5.92 Å². The molecule has 1 unspecified atom stereocenters. The summed E-state index contributed by atoms with van der Waals surface area (Å²) in [6, 6.07) is 0. The summed E-state index contributed by atoms with van der Waals surface area (Å²) in [4.78, 5) is 0. The highest BCUT2D eigenvalue weighted by atomic mass is 15.5. The molecule has 0 radical (unpaired) electrons. The molecule has 4 nitrogen and oxygen atoms in total. The van der Waals surface area contributed by atoms with Gasteiger partial charge in [-0.1, -0.05) is 23.8 Å². The molecule has 4 N–H and O–H groups in total. The van der Waals surface area contributed by atoms with Crippen LogP contribution >= 0.6 is 0 Å². The molecule has 90 valence electrons. The molecule has 0 aliphatic heterocycles. The van der Waals surface area contributed by atoms with E-state index in [0.717, 1.165) is 19.4 Å². The average Bonchev–Trinajstić information content (AvgIpc) is 2.16. The van der Waals surface area contributed by atoms with E-state index in [-0.39, 0.29) is 5.96 Å². The highest BCUT2D eigenvalue weighted by Crippen LogP contribution is 2.28. The Bertz CT molecular complexity index is 306. The molecule has 0 spiro atoms. The number of likely N-dealkylation sites (N-methyl/N-ethyl adjacent to an activating group) is 1. The van der Waals surface area contributed by atoms with Crippen molar-refractivity contribution in [3.63, 3.8) is 0 Å². The molecular weight excluding hydrogens is 200 g/mol. The number of nitrogens with one attached hydrogen (secondary N) is 2. The lowest BCUT2D eigenvalue weighted by molar-refractivity contribution is 0.308. The van der Waals surface area contributed by atoms with Crippen LogP contribution in [0, 0.1) is 11.3 Å². The predicted molar refractivity (Wildman–Crippen MR) is 67.9 cm³/mol. The molecule has 0 aromatic rings. The van der Waals surface area contributed by atoms with Crippen LogP contribution in [0.15, 0.2) is 23.8 Å². The second-order valence-electron chi connectivity index (χ2n) is 4.56. The van der Waals surface area contributed by atoms with E-state index >= 15 is 0 Å². The molecule has 0 saturated carbocycles. The summed E-state index contributed by atoms with van der Waals surface area (Å²) in [5.74, 6) is 0.633. The Balaban J connectivity index is 2.40. The fourth-order valence-electron chi connectivity index (χ4n) is 2.03. The molecule has 0 bridgehead atoms. The first-order valence-electron chi connectivity index (χ1n) is 5.64. The maximum atomic E-state index is 7.12. The number of allylic oxidation sites excluding steroid dienone is 2. The van der Waals surface area contributed by atoms with Crippen molar-refractivity contribution in [2.75, 3.05) is 13.6 Å². The summed E-state index contributed by atoms with van der Waals surface area (Å²) < 4.78 is 0. The zero-order valence-corrected chi connectivity index (χ0v) is 10.2. The summed E-state index contributed by atoms with van der Waals surface area (Å²) in [7, 11) is 1.90. The van der Waals surface area contributed by atoms with Crippen LogP contribution in [0.2, 0.25) is 0 Å². The topological polar surface area (TPSA) is 65.1 Å². The Hall–Kier alpha value is -1.29. The highest BCUT2D eigenvalue weighted by molar-refractivity contribution is 5.73. The minimum atomic E-state index is -0.0151. The average molecular weight is 222 g/mol. The van der Waals surface area contributed by atoms with Crippen molar-refractivity contribution >= 4 is 5.96 Å². The van der Waals surface area contributed by atoms with Crippen LogP contribution in [-0.2, 0) is 0 Å². The zero-order chi connectivity index (χ0) is 12.1. The van der Waals surface area contributed by atoms with E-state index in [1.165, 1.54) is 17.6 Å². The largest absolute Gasteiger partial charge is 0.369 e. The number of nitrogens with zero attached hydrogens (tertiary/aromatic N) is 1. The minimum Gasteiger partial charge on any atom is -0.369 e. The Kier molecular flexibility index (Phi) is 4.55. The van der Waals surface area contributed by atoms with E-state index in [1.807, 2.05) is 12.1 Å². The van der Waals surface area contributed by atoms with E-state index in [4.69, 9.17) is 11.1 Å². The summed E-state index contributed by atoms with van der Waals surface area (Å²) >= 11 is 0. The summed E-state index contributed by atoms with van der Waals surface area (Å²) in [5, 5.41) is 8.97. The van der Waals surface area contributed by atoms with E-state index in [2.05, 4.69) is 25.0 Å². The van der Waals surface area contributed by atoms with Crippen LogP contribution in [0.1, 0.15) is 26.2 Å². The molecule has 0 aromatic heterocycles. The first-order valence-corrected chi connectivity index (χ1v) is 5.64. The van der Waals surface area contributed by atoms with Gasteiger partial charge in [0, 0.05) is 13.6 Å². The lowest BCUT2D eigenvalue weighted by atomic mass is 9.85. The van der Waals surface area contributed by atoms with Crippen LogP contribution in [-0.4, -0.2) is 24.6 Å². The smallest absolute Gasteiger partial charge is 0.200 e. The van der Waals surface area contributed by atoms with Gasteiger partial charge in [-0.05, 0) is 32.1 Å². The van der Waals surface area contributed by atoms with Crippen molar-refractivity contribution in [1.29, 1.82) is 5.41 Å². The van der Waals surface area contributed by atoms with Gasteiger partial charge in [-0.15, -0.1) is 0 Å². The highest BCUT2D eigenvalue weighted by Gasteiger charge is 2.15. The van der Waals surface area contributed by atoms with Gasteiger partial charge < -0.3 is 5.73 Å². The summed E-state index contributed by atoms with van der Waals surface area (Å²) in [6.07, 6.45) is 5.69.